The van der Waals surface area contributed by atoms with E-state index in [0.717, 1.165) is 11.0 Å². The minimum absolute atomic E-state index is 0.258. The van der Waals surface area contributed by atoms with Crippen LogP contribution in [0.25, 0.3) is 6.08 Å². The summed E-state index contributed by atoms with van der Waals surface area (Å²) in [5.41, 5.74) is 1.22. The minimum Gasteiger partial charge on any atom is -0.253 e. The lowest BCUT2D eigenvalue weighted by Crippen LogP contribution is -2.34. The van der Waals surface area contributed by atoms with Gasteiger partial charge in [0.25, 0.3) is 0 Å². The summed E-state index contributed by atoms with van der Waals surface area (Å²) in [5.74, 6) is 0.927. The van der Waals surface area contributed by atoms with Crippen LogP contribution in [0.4, 0.5) is 0 Å². The van der Waals surface area contributed by atoms with Crippen LogP contribution in [0.3, 0.4) is 0 Å². The van der Waals surface area contributed by atoms with Crippen LogP contribution in [0.15, 0.2) is 52.0 Å². The van der Waals surface area contributed by atoms with Crippen molar-refractivity contribution in [2.45, 2.75) is 17.5 Å². The standard InChI is InChI=1S/C14H12N4S2/c1-10-15-16-14-17(10)18-12(19-9-13(18)20-14)8-7-11-5-3-2-4-6-11/h2-9,12H,1H3/b8-7+. The van der Waals surface area contributed by atoms with E-state index < -0.39 is 0 Å². The minimum atomic E-state index is 0.258. The molecule has 100 valence electrons. The van der Waals surface area contributed by atoms with Gasteiger partial charge in [-0.25, -0.2) is 4.68 Å². The fourth-order valence-corrected chi connectivity index (χ4v) is 4.42. The van der Waals surface area contributed by atoms with Gasteiger partial charge in [0.2, 0.25) is 5.16 Å². The Kier molecular flexibility index (Phi) is 2.85. The van der Waals surface area contributed by atoms with E-state index in [1.807, 2.05) is 24.8 Å². The first-order valence-corrected chi connectivity index (χ1v) is 8.07. The molecule has 0 aliphatic carbocycles. The van der Waals surface area contributed by atoms with Crippen molar-refractivity contribution in [3.05, 3.63) is 58.2 Å². The second-order valence-electron chi connectivity index (χ2n) is 4.54. The summed E-state index contributed by atoms with van der Waals surface area (Å²) in [6.45, 7) is 1.99. The van der Waals surface area contributed by atoms with Crippen LogP contribution < -0.4 is 5.01 Å². The molecule has 1 atom stereocenters. The maximum Gasteiger partial charge on any atom is 0.216 e. The molecule has 0 saturated heterocycles. The smallest absolute Gasteiger partial charge is 0.216 e. The average Bonchev–Trinajstić information content (AvgIpc) is 3.11. The van der Waals surface area contributed by atoms with Gasteiger partial charge in [-0.05, 0) is 30.3 Å². The first-order valence-electron chi connectivity index (χ1n) is 6.31. The maximum absolute atomic E-state index is 4.19. The van der Waals surface area contributed by atoms with Crippen molar-refractivity contribution in [2.75, 3.05) is 5.01 Å². The highest BCUT2D eigenvalue weighted by atomic mass is 32.2. The summed E-state index contributed by atoms with van der Waals surface area (Å²) in [5, 5.41) is 15.2. The fourth-order valence-electron chi connectivity index (χ4n) is 2.28. The Morgan fingerprint density at radius 1 is 1.20 bits per heavy atom. The molecule has 2 aliphatic rings. The Bertz CT molecular complexity index is 705. The monoisotopic (exact) mass is 300 g/mol. The zero-order valence-corrected chi connectivity index (χ0v) is 12.4. The Morgan fingerprint density at radius 2 is 2.05 bits per heavy atom. The molecule has 2 aromatic rings. The quantitative estimate of drug-likeness (QED) is 0.850. The molecule has 0 N–H and O–H groups in total. The molecule has 0 saturated carbocycles. The SMILES string of the molecule is Cc1nnc2n1N1C(=CSC1/C=C/c1ccccc1)S2. The van der Waals surface area contributed by atoms with Crippen molar-refractivity contribution < 1.29 is 0 Å². The Morgan fingerprint density at radius 3 is 2.90 bits per heavy atom. The lowest BCUT2D eigenvalue weighted by atomic mass is 10.2. The third kappa shape index (κ3) is 1.87. The third-order valence-corrected chi connectivity index (χ3v) is 5.30. The molecule has 4 nitrogen and oxygen atoms in total. The number of hydrogen-bond acceptors (Lipinski definition) is 5. The summed E-state index contributed by atoms with van der Waals surface area (Å²) in [6.07, 6.45) is 4.38. The number of aromatic nitrogens is 3. The van der Waals surface area contributed by atoms with E-state index in [1.165, 1.54) is 10.6 Å². The molecule has 3 heterocycles. The molecule has 2 aliphatic heterocycles. The van der Waals surface area contributed by atoms with E-state index in [1.54, 1.807) is 11.8 Å². The molecule has 0 amide bonds. The molecule has 0 radical (unpaired) electrons. The van der Waals surface area contributed by atoms with Crippen molar-refractivity contribution in [2.24, 2.45) is 0 Å². The molecule has 0 bridgehead atoms. The normalized spacial score (nSPS) is 20.4. The number of hydrogen-bond donors (Lipinski definition) is 0. The Hall–Kier alpha value is -1.66. The van der Waals surface area contributed by atoms with Crippen molar-refractivity contribution in [3.8, 4) is 0 Å². The van der Waals surface area contributed by atoms with E-state index >= 15 is 0 Å². The number of aryl methyl sites for hydroxylation is 1. The Balaban J connectivity index is 1.63. The third-order valence-electron chi connectivity index (χ3n) is 3.21. The van der Waals surface area contributed by atoms with E-state index in [2.05, 4.69) is 61.7 Å². The van der Waals surface area contributed by atoms with Crippen molar-refractivity contribution in [3.63, 3.8) is 0 Å². The van der Waals surface area contributed by atoms with Crippen LogP contribution >= 0.6 is 23.5 Å². The molecule has 1 unspecified atom stereocenters. The number of rotatable bonds is 2. The number of thioether (sulfide) groups is 2. The summed E-state index contributed by atoms with van der Waals surface area (Å²) < 4.78 is 2.09. The van der Waals surface area contributed by atoms with Gasteiger partial charge in [-0.2, -0.15) is 0 Å². The molecular formula is C14H12N4S2. The zero-order valence-electron chi connectivity index (χ0n) is 10.8. The average molecular weight is 300 g/mol. The molecule has 1 aromatic carbocycles. The molecule has 4 rings (SSSR count). The van der Waals surface area contributed by atoms with E-state index in [4.69, 9.17) is 0 Å². The second kappa shape index (κ2) is 4.71. The molecular weight excluding hydrogens is 288 g/mol. The van der Waals surface area contributed by atoms with Gasteiger partial charge >= 0.3 is 0 Å². The van der Waals surface area contributed by atoms with Crippen LogP contribution in [0.2, 0.25) is 0 Å². The number of fused-ring (bicyclic) bond motifs is 3. The Labute approximate surface area is 125 Å². The topological polar surface area (TPSA) is 34.0 Å². The number of nitrogens with zero attached hydrogens (tertiary/aromatic N) is 4. The van der Waals surface area contributed by atoms with Crippen LogP contribution in [-0.4, -0.2) is 20.2 Å². The van der Waals surface area contributed by atoms with Gasteiger partial charge in [-0.3, -0.25) is 5.01 Å². The van der Waals surface area contributed by atoms with Gasteiger partial charge in [0.15, 0.2) is 5.82 Å². The lowest BCUT2D eigenvalue weighted by molar-refractivity contribution is 0.643. The second-order valence-corrected chi connectivity index (χ2v) is 6.52. The van der Waals surface area contributed by atoms with E-state index in [0.29, 0.717) is 0 Å². The highest BCUT2D eigenvalue weighted by Gasteiger charge is 2.36. The van der Waals surface area contributed by atoms with Crippen molar-refractivity contribution in [1.82, 2.24) is 14.9 Å². The molecule has 20 heavy (non-hydrogen) atoms. The zero-order chi connectivity index (χ0) is 13.5. The first-order chi connectivity index (χ1) is 9.83. The summed E-state index contributed by atoms with van der Waals surface area (Å²) in [7, 11) is 0. The molecule has 6 heteroatoms. The van der Waals surface area contributed by atoms with Crippen LogP contribution in [-0.2, 0) is 0 Å². The van der Waals surface area contributed by atoms with Gasteiger partial charge in [-0.1, -0.05) is 48.2 Å². The fraction of sp³-hybridized carbons (Fsp3) is 0.143. The van der Waals surface area contributed by atoms with Gasteiger partial charge in [0, 0.05) is 5.41 Å². The summed E-state index contributed by atoms with van der Waals surface area (Å²) in [4.78, 5) is 0. The summed E-state index contributed by atoms with van der Waals surface area (Å²) in [6, 6.07) is 10.4. The van der Waals surface area contributed by atoms with Gasteiger partial charge in [0.05, 0.1) is 0 Å². The van der Waals surface area contributed by atoms with Gasteiger partial charge in [0.1, 0.15) is 10.4 Å². The largest absolute Gasteiger partial charge is 0.253 e. The highest BCUT2D eigenvalue weighted by Crippen LogP contribution is 2.45. The molecule has 0 spiro atoms. The molecule has 0 fully saturated rings. The van der Waals surface area contributed by atoms with E-state index in [-0.39, 0.29) is 5.37 Å². The van der Waals surface area contributed by atoms with Crippen LogP contribution in [0, 0.1) is 6.92 Å². The van der Waals surface area contributed by atoms with Crippen LogP contribution in [0.5, 0.6) is 0 Å². The summed E-state index contributed by atoms with van der Waals surface area (Å²) >= 11 is 3.48. The lowest BCUT2D eigenvalue weighted by Gasteiger charge is -2.22. The van der Waals surface area contributed by atoms with Crippen molar-refractivity contribution >= 4 is 29.6 Å². The highest BCUT2D eigenvalue weighted by molar-refractivity contribution is 8.07. The predicted molar refractivity (Wildman–Crippen MR) is 83.8 cm³/mol. The van der Waals surface area contributed by atoms with Crippen LogP contribution in [0.1, 0.15) is 11.4 Å². The maximum atomic E-state index is 4.19. The van der Waals surface area contributed by atoms with Gasteiger partial charge in [-0.15, -0.1) is 10.2 Å². The van der Waals surface area contributed by atoms with Gasteiger partial charge < -0.3 is 0 Å². The van der Waals surface area contributed by atoms with E-state index in [9.17, 15) is 0 Å². The predicted octanol–water partition coefficient (Wildman–Crippen LogP) is 3.22. The number of benzene rings is 1. The van der Waals surface area contributed by atoms with Crippen molar-refractivity contribution in [1.29, 1.82) is 0 Å². The molecule has 1 aromatic heterocycles. The first kappa shape index (κ1) is 12.1.